The van der Waals surface area contributed by atoms with Crippen LogP contribution >= 0.6 is 0 Å². The molecule has 1 saturated heterocycles. The molecule has 1 aliphatic rings. The van der Waals surface area contributed by atoms with Crippen molar-refractivity contribution in [2.45, 2.75) is 37.8 Å². The van der Waals surface area contributed by atoms with Crippen molar-refractivity contribution in [1.82, 2.24) is 10.2 Å². The van der Waals surface area contributed by atoms with Gasteiger partial charge < -0.3 is 30.5 Å². The number of ether oxygens (including phenoxy) is 2. The lowest BCUT2D eigenvalue weighted by Crippen LogP contribution is -2.47. The third-order valence-electron chi connectivity index (χ3n) is 5.50. The SMILES string of the molecule is COc1ccc(C(O)C(CN2CCCC2)NC(=O)Cc2ccc(OC(F)(F)F)cc2)cc1N. The van der Waals surface area contributed by atoms with Crippen LogP contribution in [0.3, 0.4) is 0 Å². The summed E-state index contributed by atoms with van der Waals surface area (Å²) in [5, 5.41) is 13.9. The molecule has 1 fully saturated rings. The van der Waals surface area contributed by atoms with E-state index in [1.807, 2.05) is 0 Å². The highest BCUT2D eigenvalue weighted by Crippen LogP contribution is 2.28. The van der Waals surface area contributed by atoms with Crippen molar-refractivity contribution in [2.75, 3.05) is 32.5 Å². The van der Waals surface area contributed by atoms with Crippen LogP contribution in [0.25, 0.3) is 0 Å². The largest absolute Gasteiger partial charge is 0.573 e. The second kappa shape index (κ2) is 10.8. The smallest absolute Gasteiger partial charge is 0.495 e. The number of rotatable bonds is 9. The standard InChI is InChI=1S/C23H28F3N3O4/c1-32-20-9-6-16(13-18(20)27)22(31)19(14-29-10-2-3-11-29)28-21(30)12-15-4-7-17(8-5-15)33-23(24,25)26/h4-9,13,19,22,31H,2-3,10-12,14,27H2,1H3,(H,28,30). The Bertz CT molecular complexity index is 932. The molecule has 2 aromatic carbocycles. The lowest BCUT2D eigenvalue weighted by molar-refractivity contribution is -0.274. The number of carbonyl (C=O) groups is 1. The van der Waals surface area contributed by atoms with Crippen molar-refractivity contribution in [3.05, 3.63) is 53.6 Å². The zero-order valence-electron chi connectivity index (χ0n) is 18.3. The molecule has 1 heterocycles. The van der Waals surface area contributed by atoms with Crippen LogP contribution in [0.5, 0.6) is 11.5 Å². The number of benzene rings is 2. The Morgan fingerprint density at radius 1 is 1.18 bits per heavy atom. The normalized spacial score (nSPS) is 16.3. The summed E-state index contributed by atoms with van der Waals surface area (Å²) in [6.07, 6.45) is -3.73. The third-order valence-corrected chi connectivity index (χ3v) is 5.50. The van der Waals surface area contributed by atoms with Gasteiger partial charge in [0, 0.05) is 6.54 Å². The number of nitrogen functional groups attached to an aromatic ring is 1. The Hall–Kier alpha value is -2.98. The van der Waals surface area contributed by atoms with E-state index in [2.05, 4.69) is 15.0 Å². The number of likely N-dealkylation sites (tertiary alicyclic amines) is 1. The fourth-order valence-corrected chi connectivity index (χ4v) is 3.89. The highest BCUT2D eigenvalue weighted by Gasteiger charge is 2.31. The lowest BCUT2D eigenvalue weighted by Gasteiger charge is -2.29. The number of methoxy groups -OCH3 is 1. The molecule has 3 rings (SSSR count). The highest BCUT2D eigenvalue weighted by molar-refractivity contribution is 5.79. The van der Waals surface area contributed by atoms with Gasteiger partial charge in [-0.25, -0.2) is 0 Å². The van der Waals surface area contributed by atoms with Gasteiger partial charge in [0.05, 0.1) is 25.3 Å². The fraction of sp³-hybridized carbons (Fsp3) is 0.435. The number of nitrogens with one attached hydrogen (secondary N) is 1. The molecular weight excluding hydrogens is 439 g/mol. The van der Waals surface area contributed by atoms with Gasteiger partial charge in [-0.3, -0.25) is 4.79 Å². The van der Waals surface area contributed by atoms with Crippen LogP contribution in [0.4, 0.5) is 18.9 Å². The minimum absolute atomic E-state index is 0.0553. The second-order valence-corrected chi connectivity index (χ2v) is 8.00. The van der Waals surface area contributed by atoms with Crippen LogP contribution < -0.4 is 20.5 Å². The number of anilines is 1. The maximum absolute atomic E-state index is 12.7. The maximum atomic E-state index is 12.7. The number of hydrogen-bond acceptors (Lipinski definition) is 6. The Labute approximate surface area is 190 Å². The van der Waals surface area contributed by atoms with E-state index in [0.29, 0.717) is 29.1 Å². The number of hydrogen-bond donors (Lipinski definition) is 3. The molecule has 0 aliphatic carbocycles. The van der Waals surface area contributed by atoms with Crippen molar-refractivity contribution < 1.29 is 32.5 Å². The van der Waals surface area contributed by atoms with Gasteiger partial charge in [0.25, 0.3) is 0 Å². The first-order chi connectivity index (χ1) is 15.6. The molecule has 2 atom stereocenters. The molecule has 180 valence electrons. The Morgan fingerprint density at radius 2 is 1.85 bits per heavy atom. The number of amides is 1. The van der Waals surface area contributed by atoms with E-state index in [4.69, 9.17) is 10.5 Å². The zero-order valence-corrected chi connectivity index (χ0v) is 18.3. The average Bonchev–Trinajstić information content (AvgIpc) is 3.26. The van der Waals surface area contributed by atoms with Crippen LogP contribution in [0.2, 0.25) is 0 Å². The van der Waals surface area contributed by atoms with Gasteiger partial charge in [0.15, 0.2) is 0 Å². The molecule has 0 bridgehead atoms. The molecule has 0 saturated carbocycles. The quantitative estimate of drug-likeness (QED) is 0.491. The zero-order chi connectivity index (χ0) is 24.0. The number of aliphatic hydroxyl groups is 1. The van der Waals surface area contributed by atoms with Crippen LogP contribution in [0, 0.1) is 0 Å². The van der Waals surface area contributed by atoms with Gasteiger partial charge in [-0.1, -0.05) is 18.2 Å². The number of nitrogens with zero attached hydrogens (tertiary/aromatic N) is 1. The molecule has 2 unspecified atom stereocenters. The van der Waals surface area contributed by atoms with Crippen LogP contribution in [-0.4, -0.2) is 55.1 Å². The van der Waals surface area contributed by atoms with E-state index in [1.54, 1.807) is 18.2 Å². The molecular formula is C23H28F3N3O4. The summed E-state index contributed by atoms with van der Waals surface area (Å²) in [6.45, 7) is 2.21. The fourth-order valence-electron chi connectivity index (χ4n) is 3.89. The first kappa shape index (κ1) is 24.7. The minimum atomic E-state index is -4.78. The monoisotopic (exact) mass is 467 g/mol. The molecule has 1 aliphatic heterocycles. The summed E-state index contributed by atoms with van der Waals surface area (Å²) >= 11 is 0. The first-order valence-corrected chi connectivity index (χ1v) is 10.6. The molecule has 0 aromatic heterocycles. The second-order valence-electron chi connectivity index (χ2n) is 8.00. The highest BCUT2D eigenvalue weighted by atomic mass is 19.4. The molecule has 2 aromatic rings. The van der Waals surface area contributed by atoms with E-state index in [1.165, 1.54) is 19.2 Å². The molecule has 0 spiro atoms. The first-order valence-electron chi connectivity index (χ1n) is 10.6. The van der Waals surface area contributed by atoms with E-state index < -0.39 is 18.5 Å². The number of aliphatic hydroxyl groups excluding tert-OH is 1. The summed E-state index contributed by atoms with van der Waals surface area (Å²) in [6, 6.07) is 9.49. The Balaban J connectivity index is 1.68. The topological polar surface area (TPSA) is 97.0 Å². The van der Waals surface area contributed by atoms with E-state index in [0.717, 1.165) is 38.1 Å². The summed E-state index contributed by atoms with van der Waals surface area (Å²) < 4.78 is 46.0. The predicted molar refractivity (Wildman–Crippen MR) is 117 cm³/mol. The van der Waals surface area contributed by atoms with Gasteiger partial charge >= 0.3 is 6.36 Å². The average molecular weight is 467 g/mol. The van der Waals surface area contributed by atoms with E-state index >= 15 is 0 Å². The summed E-state index contributed by atoms with van der Waals surface area (Å²) in [5.74, 6) is -0.223. The summed E-state index contributed by atoms with van der Waals surface area (Å²) in [4.78, 5) is 14.9. The summed E-state index contributed by atoms with van der Waals surface area (Å²) in [5.41, 5.74) is 7.42. The molecule has 33 heavy (non-hydrogen) atoms. The van der Waals surface area contributed by atoms with E-state index in [9.17, 15) is 23.1 Å². The third kappa shape index (κ3) is 7.26. The number of alkyl halides is 3. The lowest BCUT2D eigenvalue weighted by atomic mass is 10.00. The van der Waals surface area contributed by atoms with Gasteiger partial charge in [-0.15, -0.1) is 13.2 Å². The van der Waals surface area contributed by atoms with Crippen molar-refractivity contribution in [2.24, 2.45) is 0 Å². The van der Waals surface area contributed by atoms with Crippen molar-refractivity contribution in [1.29, 1.82) is 0 Å². The molecule has 0 radical (unpaired) electrons. The molecule has 7 nitrogen and oxygen atoms in total. The van der Waals surface area contributed by atoms with Crippen LogP contribution in [0.1, 0.15) is 30.1 Å². The van der Waals surface area contributed by atoms with Gasteiger partial charge in [-0.05, 0) is 61.3 Å². The number of halogens is 3. The molecule has 4 N–H and O–H groups in total. The predicted octanol–water partition coefficient (Wildman–Crippen LogP) is 3.03. The van der Waals surface area contributed by atoms with Crippen molar-refractivity contribution >= 4 is 11.6 Å². The number of carbonyl (C=O) groups excluding carboxylic acids is 1. The van der Waals surface area contributed by atoms with E-state index in [-0.39, 0.29) is 18.1 Å². The van der Waals surface area contributed by atoms with Gasteiger partial charge in [-0.2, -0.15) is 0 Å². The van der Waals surface area contributed by atoms with Crippen LogP contribution in [0.15, 0.2) is 42.5 Å². The van der Waals surface area contributed by atoms with Crippen LogP contribution in [-0.2, 0) is 11.2 Å². The van der Waals surface area contributed by atoms with Gasteiger partial charge in [0.2, 0.25) is 5.91 Å². The van der Waals surface area contributed by atoms with Crippen molar-refractivity contribution in [3.63, 3.8) is 0 Å². The minimum Gasteiger partial charge on any atom is -0.495 e. The summed E-state index contributed by atoms with van der Waals surface area (Å²) in [7, 11) is 1.50. The van der Waals surface area contributed by atoms with Gasteiger partial charge in [0.1, 0.15) is 17.6 Å². The molecule has 10 heteroatoms. The molecule has 1 amide bonds. The number of nitrogens with two attached hydrogens (primary N) is 1. The maximum Gasteiger partial charge on any atom is 0.573 e. The Morgan fingerprint density at radius 3 is 2.42 bits per heavy atom. The Kier molecular flexibility index (Phi) is 8.04. The van der Waals surface area contributed by atoms with Crippen molar-refractivity contribution in [3.8, 4) is 11.5 Å².